The normalized spacial score (nSPS) is 20.6. The third-order valence-corrected chi connectivity index (χ3v) is 5.99. The molecule has 0 radical (unpaired) electrons. The van der Waals surface area contributed by atoms with E-state index >= 15 is 0 Å². The number of benzene rings is 1. The predicted molar refractivity (Wildman–Crippen MR) is 91.3 cm³/mol. The molecule has 1 heterocycles. The van der Waals surface area contributed by atoms with E-state index in [1.54, 1.807) is 11.8 Å². The Kier molecular flexibility index (Phi) is 5.07. The van der Waals surface area contributed by atoms with Gasteiger partial charge in [0.2, 0.25) is 0 Å². The summed E-state index contributed by atoms with van der Waals surface area (Å²) in [6.07, 6.45) is 0.483. The van der Waals surface area contributed by atoms with E-state index in [0.29, 0.717) is 12.1 Å². The molecule has 2 N–H and O–H groups in total. The molecule has 0 unspecified atom stereocenters. The Balaban J connectivity index is 1.87. The van der Waals surface area contributed by atoms with Crippen LogP contribution in [0.3, 0.4) is 0 Å². The van der Waals surface area contributed by atoms with Crippen LogP contribution in [0.2, 0.25) is 0 Å². The Labute approximate surface area is 136 Å². The molecule has 1 atom stereocenters. The van der Waals surface area contributed by atoms with Crippen molar-refractivity contribution in [2.75, 3.05) is 16.8 Å². The first-order valence-corrected chi connectivity index (χ1v) is 9.84. The second-order valence-electron chi connectivity index (χ2n) is 6.44. The van der Waals surface area contributed by atoms with E-state index in [1.807, 2.05) is 24.3 Å². The van der Waals surface area contributed by atoms with Crippen LogP contribution in [-0.4, -0.2) is 36.7 Å². The molecule has 0 saturated carbocycles. The Morgan fingerprint density at radius 2 is 1.86 bits per heavy atom. The molecule has 2 amide bonds. The van der Waals surface area contributed by atoms with Crippen LogP contribution in [-0.2, 0) is 9.84 Å². The third-order valence-electron chi connectivity index (χ3n) is 3.10. The average molecular weight is 342 g/mol. The molecule has 5 nitrogen and oxygen atoms in total. The lowest BCUT2D eigenvalue weighted by Gasteiger charge is -2.17. The topological polar surface area (TPSA) is 75.3 Å². The molecule has 0 bridgehead atoms. The van der Waals surface area contributed by atoms with Gasteiger partial charge in [0.05, 0.1) is 11.5 Å². The molecule has 1 aliphatic rings. The number of hydrogen-bond donors (Lipinski definition) is 2. The Bertz CT molecular complexity index is 634. The quantitative estimate of drug-likeness (QED) is 0.828. The van der Waals surface area contributed by atoms with Crippen molar-refractivity contribution in [1.82, 2.24) is 5.32 Å². The van der Waals surface area contributed by atoms with Crippen molar-refractivity contribution in [1.29, 1.82) is 0 Å². The van der Waals surface area contributed by atoms with Gasteiger partial charge < -0.3 is 10.6 Å². The molecular formula is C15H22N2O3S2. The van der Waals surface area contributed by atoms with E-state index < -0.39 is 9.84 Å². The summed E-state index contributed by atoms with van der Waals surface area (Å²) in [5, 5.41) is 5.43. The van der Waals surface area contributed by atoms with Crippen LogP contribution in [0.15, 0.2) is 29.2 Å². The first kappa shape index (κ1) is 17.1. The monoisotopic (exact) mass is 342 g/mol. The Morgan fingerprint density at radius 1 is 1.23 bits per heavy atom. The minimum Gasteiger partial charge on any atom is -0.334 e. The fraction of sp³-hybridized carbons (Fsp3) is 0.533. The molecule has 0 spiro atoms. The lowest BCUT2D eigenvalue weighted by molar-refractivity contribution is 0.249. The minimum absolute atomic E-state index is 0.0293. The first-order valence-electron chi connectivity index (χ1n) is 7.20. The van der Waals surface area contributed by atoms with Crippen molar-refractivity contribution in [2.24, 2.45) is 0 Å². The van der Waals surface area contributed by atoms with E-state index in [-0.39, 0.29) is 28.3 Å². The van der Waals surface area contributed by atoms with Gasteiger partial charge >= 0.3 is 6.03 Å². The summed E-state index contributed by atoms with van der Waals surface area (Å²) in [7, 11) is -2.98. The highest BCUT2D eigenvalue weighted by Gasteiger charge is 2.28. The van der Waals surface area contributed by atoms with Gasteiger partial charge in [0, 0.05) is 21.4 Å². The van der Waals surface area contributed by atoms with Crippen molar-refractivity contribution in [3.8, 4) is 0 Å². The van der Waals surface area contributed by atoms with Crippen LogP contribution in [0.5, 0.6) is 0 Å². The molecule has 22 heavy (non-hydrogen) atoms. The molecule has 1 aliphatic heterocycles. The largest absolute Gasteiger partial charge is 0.334 e. The zero-order valence-corrected chi connectivity index (χ0v) is 14.7. The van der Waals surface area contributed by atoms with Crippen molar-refractivity contribution >= 4 is 33.3 Å². The van der Waals surface area contributed by atoms with E-state index in [0.717, 1.165) is 4.90 Å². The lowest BCUT2D eigenvalue weighted by atomic mass is 10.3. The lowest BCUT2D eigenvalue weighted by Crippen LogP contribution is -2.38. The van der Waals surface area contributed by atoms with Crippen LogP contribution >= 0.6 is 11.8 Å². The molecular weight excluding hydrogens is 320 g/mol. The van der Waals surface area contributed by atoms with Crippen LogP contribution in [0.1, 0.15) is 27.2 Å². The van der Waals surface area contributed by atoms with Gasteiger partial charge in [-0.1, -0.05) is 20.8 Å². The van der Waals surface area contributed by atoms with Gasteiger partial charge in [-0.05, 0) is 30.7 Å². The Hall–Kier alpha value is -1.21. The average Bonchev–Trinajstić information content (AvgIpc) is 2.69. The van der Waals surface area contributed by atoms with Crippen molar-refractivity contribution in [3.63, 3.8) is 0 Å². The zero-order valence-electron chi connectivity index (χ0n) is 13.0. The number of anilines is 1. The fourth-order valence-corrected chi connectivity index (χ4v) is 4.87. The van der Waals surface area contributed by atoms with Crippen molar-refractivity contribution in [2.45, 2.75) is 42.9 Å². The van der Waals surface area contributed by atoms with Crippen LogP contribution in [0.25, 0.3) is 0 Å². The fourth-order valence-electron chi connectivity index (χ4n) is 2.22. The second kappa shape index (κ2) is 6.50. The summed E-state index contributed by atoms with van der Waals surface area (Å²) in [5.74, 6) is 0.179. The number of carbonyl (C=O) groups excluding carboxylic acids is 1. The Morgan fingerprint density at radius 3 is 2.36 bits per heavy atom. The van der Waals surface area contributed by atoms with Gasteiger partial charge in [0.25, 0.3) is 0 Å². The first-order chi connectivity index (χ1) is 10.1. The van der Waals surface area contributed by atoms with Crippen LogP contribution in [0.4, 0.5) is 10.5 Å². The molecule has 7 heteroatoms. The molecule has 1 fully saturated rings. The van der Waals surface area contributed by atoms with E-state index in [2.05, 4.69) is 31.4 Å². The standard InChI is InChI=1S/C15H22N2O3S2/c1-15(2,3)21-13-6-4-11(5-7-13)16-14(18)17-12-8-9-22(19,20)10-12/h4-7,12H,8-10H2,1-3H3,(H2,16,17,18)/t12-/m0/s1. The molecule has 1 saturated heterocycles. The molecule has 0 aromatic heterocycles. The van der Waals surface area contributed by atoms with E-state index in [4.69, 9.17) is 0 Å². The highest BCUT2D eigenvalue weighted by atomic mass is 32.2. The maximum atomic E-state index is 11.9. The summed E-state index contributed by atoms with van der Waals surface area (Å²) in [4.78, 5) is 13.0. The summed E-state index contributed by atoms with van der Waals surface area (Å²) < 4.78 is 22.9. The second-order valence-corrected chi connectivity index (χ2v) is 10.6. The SMILES string of the molecule is CC(C)(C)Sc1ccc(NC(=O)N[C@H]2CCS(=O)(=O)C2)cc1. The van der Waals surface area contributed by atoms with Gasteiger partial charge in [-0.25, -0.2) is 13.2 Å². The highest BCUT2D eigenvalue weighted by molar-refractivity contribution is 8.00. The van der Waals surface area contributed by atoms with Gasteiger partial charge in [-0.15, -0.1) is 11.8 Å². The maximum absolute atomic E-state index is 11.9. The van der Waals surface area contributed by atoms with Crippen molar-refractivity contribution < 1.29 is 13.2 Å². The van der Waals surface area contributed by atoms with Gasteiger partial charge in [-0.3, -0.25) is 0 Å². The molecule has 1 aromatic rings. The third kappa shape index (κ3) is 5.53. The zero-order chi connectivity index (χ0) is 16.4. The minimum atomic E-state index is -2.98. The van der Waals surface area contributed by atoms with Gasteiger partial charge in [0.1, 0.15) is 0 Å². The molecule has 122 valence electrons. The van der Waals surface area contributed by atoms with Crippen LogP contribution < -0.4 is 10.6 Å². The number of amides is 2. The van der Waals surface area contributed by atoms with E-state index in [9.17, 15) is 13.2 Å². The number of sulfone groups is 1. The highest BCUT2D eigenvalue weighted by Crippen LogP contribution is 2.32. The number of carbonyl (C=O) groups is 1. The van der Waals surface area contributed by atoms with Crippen LogP contribution in [0, 0.1) is 0 Å². The molecule has 1 aromatic carbocycles. The summed E-state index contributed by atoms with van der Waals surface area (Å²) >= 11 is 1.76. The van der Waals surface area contributed by atoms with E-state index in [1.165, 1.54) is 0 Å². The summed E-state index contributed by atoms with van der Waals surface area (Å²) in [5.41, 5.74) is 0.691. The van der Waals surface area contributed by atoms with Crippen molar-refractivity contribution in [3.05, 3.63) is 24.3 Å². The maximum Gasteiger partial charge on any atom is 0.319 e. The number of nitrogens with one attached hydrogen (secondary N) is 2. The number of urea groups is 1. The molecule has 2 rings (SSSR count). The number of thioether (sulfide) groups is 1. The predicted octanol–water partition coefficient (Wildman–Crippen LogP) is 2.89. The van der Waals surface area contributed by atoms with Gasteiger partial charge in [-0.2, -0.15) is 0 Å². The number of hydrogen-bond acceptors (Lipinski definition) is 4. The summed E-state index contributed by atoms with van der Waals surface area (Å²) in [6, 6.07) is 6.97. The number of rotatable bonds is 3. The smallest absolute Gasteiger partial charge is 0.319 e. The molecule has 0 aliphatic carbocycles. The summed E-state index contributed by atoms with van der Waals surface area (Å²) in [6.45, 7) is 6.44. The van der Waals surface area contributed by atoms with Gasteiger partial charge in [0.15, 0.2) is 9.84 Å².